The van der Waals surface area contributed by atoms with E-state index in [0.717, 1.165) is 10.2 Å². The Morgan fingerprint density at radius 2 is 2.05 bits per heavy atom. The first-order chi connectivity index (χ1) is 9.45. The molecular formula is C12H20N4O3S. The second kappa shape index (κ2) is 5.53. The molecule has 0 atom stereocenters. The van der Waals surface area contributed by atoms with E-state index in [-0.39, 0.29) is 11.8 Å². The van der Waals surface area contributed by atoms with E-state index >= 15 is 0 Å². The molecule has 8 heteroatoms. The Hall–Kier alpha value is -1.41. The van der Waals surface area contributed by atoms with Gasteiger partial charge in [0.2, 0.25) is 16.4 Å². The number of hydrogen-bond acceptors (Lipinski definition) is 5. The molecule has 2 rings (SSSR count). The van der Waals surface area contributed by atoms with E-state index in [2.05, 4.69) is 5.10 Å². The number of fused-ring (bicyclic) bond motifs is 1. The number of carbonyl (C=O) groups is 1. The van der Waals surface area contributed by atoms with Crippen molar-refractivity contribution in [2.24, 2.45) is 0 Å². The summed E-state index contributed by atoms with van der Waals surface area (Å²) in [5.41, 5.74) is 7.17. The minimum absolute atomic E-state index is 0.194. The maximum Gasteiger partial charge on any atom is 0.235 e. The summed E-state index contributed by atoms with van der Waals surface area (Å²) in [6.45, 7) is 4.33. The van der Waals surface area contributed by atoms with Crippen LogP contribution in [0.5, 0.6) is 0 Å². The van der Waals surface area contributed by atoms with Gasteiger partial charge in [0.05, 0.1) is 17.5 Å². The van der Waals surface area contributed by atoms with Gasteiger partial charge in [0.15, 0.2) is 0 Å². The molecule has 1 aliphatic rings. The van der Waals surface area contributed by atoms with Crippen LogP contribution in [0.15, 0.2) is 0 Å². The minimum atomic E-state index is -3.32. The highest BCUT2D eigenvalue weighted by molar-refractivity contribution is 7.89. The average molecular weight is 300 g/mol. The van der Waals surface area contributed by atoms with Crippen molar-refractivity contribution in [1.29, 1.82) is 0 Å². The lowest BCUT2D eigenvalue weighted by atomic mass is 10.1. The summed E-state index contributed by atoms with van der Waals surface area (Å²) in [5, 5.41) is 3.69. The third-order valence-electron chi connectivity index (χ3n) is 3.86. The van der Waals surface area contributed by atoms with Crippen LogP contribution in [0.4, 0.5) is 5.82 Å². The van der Waals surface area contributed by atoms with Crippen LogP contribution < -0.4 is 5.73 Å². The summed E-state index contributed by atoms with van der Waals surface area (Å²) >= 11 is 0. The summed E-state index contributed by atoms with van der Waals surface area (Å²) < 4.78 is 27.5. The van der Waals surface area contributed by atoms with Crippen LogP contribution in [0.25, 0.3) is 0 Å². The first kappa shape index (κ1) is 15.0. The molecule has 112 valence electrons. The maximum absolute atomic E-state index is 12.5. The van der Waals surface area contributed by atoms with Gasteiger partial charge in [-0.15, -0.1) is 0 Å². The smallest absolute Gasteiger partial charge is 0.235 e. The summed E-state index contributed by atoms with van der Waals surface area (Å²) in [4.78, 5) is 10.8. The van der Waals surface area contributed by atoms with E-state index in [1.807, 2.05) is 13.8 Å². The Balaban J connectivity index is 2.29. The van der Waals surface area contributed by atoms with Gasteiger partial charge in [-0.3, -0.25) is 4.79 Å². The van der Waals surface area contributed by atoms with Gasteiger partial charge >= 0.3 is 0 Å². The van der Waals surface area contributed by atoms with Gasteiger partial charge in [-0.1, -0.05) is 13.8 Å². The number of anilines is 1. The molecule has 0 aliphatic carbocycles. The Labute approximate surface area is 118 Å². The normalized spacial score (nSPS) is 16.4. The monoisotopic (exact) mass is 300 g/mol. The van der Waals surface area contributed by atoms with Gasteiger partial charge < -0.3 is 5.73 Å². The van der Waals surface area contributed by atoms with Gasteiger partial charge in [-0.2, -0.15) is 14.1 Å². The van der Waals surface area contributed by atoms with Gasteiger partial charge in [-0.25, -0.2) is 8.42 Å². The molecule has 0 aromatic carbocycles. The van der Waals surface area contributed by atoms with E-state index in [9.17, 15) is 13.2 Å². The molecule has 2 heterocycles. The summed E-state index contributed by atoms with van der Waals surface area (Å²) in [7, 11) is -3.32. The molecule has 0 spiro atoms. The number of nitrogens with two attached hydrogens (primary N) is 1. The SMILES string of the molecule is CCC(CC)S(=O)(=O)N1CCc2c(nn(C=O)c2N)C1. The van der Waals surface area contributed by atoms with E-state index in [0.29, 0.717) is 43.7 Å². The predicted octanol–water partition coefficient (Wildman–Crippen LogP) is 0.380. The molecule has 20 heavy (non-hydrogen) atoms. The lowest BCUT2D eigenvalue weighted by molar-refractivity contribution is 0.378. The van der Waals surface area contributed by atoms with Crippen LogP contribution in [-0.2, 0) is 27.8 Å². The van der Waals surface area contributed by atoms with Crippen molar-refractivity contribution < 1.29 is 13.2 Å². The number of nitrogens with zero attached hydrogens (tertiary/aromatic N) is 3. The lowest BCUT2D eigenvalue weighted by Gasteiger charge is -2.29. The Kier molecular flexibility index (Phi) is 4.14. The van der Waals surface area contributed by atoms with Crippen molar-refractivity contribution in [1.82, 2.24) is 14.1 Å². The second-order valence-electron chi connectivity index (χ2n) is 4.93. The number of sulfonamides is 1. The van der Waals surface area contributed by atoms with Crippen LogP contribution >= 0.6 is 0 Å². The Bertz CT molecular complexity index is 604. The summed E-state index contributed by atoms with van der Waals surface area (Å²) in [5.74, 6) is 0.314. The molecule has 2 N–H and O–H groups in total. The zero-order valence-corrected chi connectivity index (χ0v) is 12.6. The Morgan fingerprint density at radius 1 is 1.40 bits per heavy atom. The number of hydrogen-bond donors (Lipinski definition) is 1. The highest BCUT2D eigenvalue weighted by Gasteiger charge is 2.34. The highest BCUT2D eigenvalue weighted by atomic mass is 32.2. The van der Waals surface area contributed by atoms with Crippen LogP contribution in [0.2, 0.25) is 0 Å². The summed E-state index contributed by atoms with van der Waals surface area (Å²) in [6.07, 6.45) is 2.21. The first-order valence-corrected chi connectivity index (χ1v) is 8.25. The molecule has 0 amide bonds. The fourth-order valence-electron chi connectivity index (χ4n) is 2.63. The topological polar surface area (TPSA) is 98.3 Å². The van der Waals surface area contributed by atoms with Crippen molar-refractivity contribution in [2.45, 2.75) is 44.9 Å². The van der Waals surface area contributed by atoms with E-state index in [1.54, 1.807) is 0 Å². The molecule has 1 aromatic heterocycles. The minimum Gasteiger partial charge on any atom is -0.383 e. The molecule has 1 aliphatic heterocycles. The quantitative estimate of drug-likeness (QED) is 0.793. The van der Waals surface area contributed by atoms with Crippen LogP contribution in [-0.4, -0.2) is 40.7 Å². The van der Waals surface area contributed by atoms with Crippen molar-refractivity contribution in [3.8, 4) is 0 Å². The van der Waals surface area contributed by atoms with Crippen molar-refractivity contribution in [2.75, 3.05) is 12.3 Å². The van der Waals surface area contributed by atoms with Gasteiger partial charge in [0.25, 0.3) is 0 Å². The van der Waals surface area contributed by atoms with E-state index in [4.69, 9.17) is 5.73 Å². The zero-order chi connectivity index (χ0) is 14.9. The maximum atomic E-state index is 12.5. The molecule has 0 saturated heterocycles. The van der Waals surface area contributed by atoms with Crippen molar-refractivity contribution in [3.63, 3.8) is 0 Å². The third kappa shape index (κ3) is 2.33. The predicted molar refractivity (Wildman–Crippen MR) is 76.2 cm³/mol. The van der Waals surface area contributed by atoms with Crippen LogP contribution in [0.3, 0.4) is 0 Å². The number of nitrogen functional groups attached to an aromatic ring is 1. The molecule has 0 radical (unpaired) electrons. The number of aromatic nitrogens is 2. The van der Waals surface area contributed by atoms with Gasteiger partial charge in [0, 0.05) is 12.1 Å². The molecular weight excluding hydrogens is 280 g/mol. The lowest BCUT2D eigenvalue weighted by Crippen LogP contribution is -2.41. The molecule has 7 nitrogen and oxygen atoms in total. The average Bonchev–Trinajstić information content (AvgIpc) is 2.76. The van der Waals surface area contributed by atoms with Crippen molar-refractivity contribution in [3.05, 3.63) is 11.3 Å². The highest BCUT2D eigenvalue weighted by Crippen LogP contribution is 2.27. The second-order valence-corrected chi connectivity index (χ2v) is 7.14. The first-order valence-electron chi connectivity index (χ1n) is 6.75. The number of carbonyl (C=O) groups excluding carboxylic acids is 1. The van der Waals surface area contributed by atoms with Gasteiger partial charge in [0.1, 0.15) is 5.82 Å². The third-order valence-corrected chi connectivity index (χ3v) is 6.40. The Morgan fingerprint density at radius 3 is 2.60 bits per heavy atom. The standard InChI is InChI=1S/C12H20N4O3S/c1-3-9(4-2)20(18,19)15-6-5-10-11(7-15)14-16(8-17)12(10)13/h8-9H,3-7,13H2,1-2H3. The van der Waals surface area contributed by atoms with Crippen LogP contribution in [0.1, 0.15) is 37.9 Å². The molecule has 0 bridgehead atoms. The van der Waals surface area contributed by atoms with Crippen LogP contribution in [0, 0.1) is 0 Å². The fourth-order valence-corrected chi connectivity index (χ4v) is 4.54. The van der Waals surface area contributed by atoms with Crippen molar-refractivity contribution >= 4 is 22.3 Å². The summed E-state index contributed by atoms with van der Waals surface area (Å²) in [6, 6.07) is 0. The largest absolute Gasteiger partial charge is 0.383 e. The molecule has 0 fully saturated rings. The molecule has 0 unspecified atom stereocenters. The fraction of sp³-hybridized carbons (Fsp3) is 0.667. The van der Waals surface area contributed by atoms with E-state index in [1.165, 1.54) is 4.31 Å². The molecule has 0 saturated carbocycles. The van der Waals surface area contributed by atoms with Gasteiger partial charge in [-0.05, 0) is 19.3 Å². The zero-order valence-electron chi connectivity index (χ0n) is 11.7. The number of rotatable bonds is 5. The van der Waals surface area contributed by atoms with E-state index < -0.39 is 10.0 Å². The molecule has 1 aromatic rings.